The molecule has 82 valence electrons. The molecule has 0 unspecified atom stereocenters. The van der Waals surface area contributed by atoms with Gasteiger partial charge in [0.15, 0.2) is 0 Å². The second-order valence-electron chi connectivity index (χ2n) is 4.33. The lowest BCUT2D eigenvalue weighted by molar-refractivity contribution is 0.0684. The van der Waals surface area contributed by atoms with Crippen LogP contribution in [-0.2, 0) is 6.54 Å². The van der Waals surface area contributed by atoms with Gasteiger partial charge in [0.05, 0.1) is 0 Å². The zero-order chi connectivity index (χ0) is 10.7. The summed E-state index contributed by atoms with van der Waals surface area (Å²) in [5.74, 6) is -0.0135. The Bertz CT molecular complexity index is 337. The summed E-state index contributed by atoms with van der Waals surface area (Å²) in [6.07, 6.45) is 8.32. The van der Waals surface area contributed by atoms with Gasteiger partial charge in [-0.25, -0.2) is 4.79 Å². The Labute approximate surface area is 89.7 Å². The van der Waals surface area contributed by atoms with Crippen LogP contribution in [0.2, 0.25) is 0 Å². The lowest BCUT2D eigenvalue weighted by Crippen LogP contribution is -2.09. The van der Waals surface area contributed by atoms with Gasteiger partial charge in [-0.2, -0.15) is 0 Å². The average Bonchev–Trinajstić information content (AvgIpc) is 2.86. The van der Waals surface area contributed by atoms with E-state index < -0.39 is 5.97 Å². The molecule has 15 heavy (non-hydrogen) atoms. The summed E-state index contributed by atoms with van der Waals surface area (Å²) >= 11 is 0. The minimum Gasteiger partial charge on any atom is -0.477 e. The van der Waals surface area contributed by atoms with Crippen molar-refractivity contribution in [3.63, 3.8) is 0 Å². The first-order valence-electron chi connectivity index (χ1n) is 5.66. The Hall–Kier alpha value is -1.25. The van der Waals surface area contributed by atoms with Gasteiger partial charge in [0.1, 0.15) is 5.69 Å². The molecule has 0 saturated heterocycles. The van der Waals surface area contributed by atoms with Crippen LogP contribution in [0.5, 0.6) is 0 Å². The van der Waals surface area contributed by atoms with E-state index in [1.165, 1.54) is 25.7 Å². The van der Waals surface area contributed by atoms with Gasteiger partial charge in [-0.15, -0.1) is 0 Å². The molecular formula is C12H17NO2. The van der Waals surface area contributed by atoms with Gasteiger partial charge in [-0.05, 0) is 24.5 Å². The van der Waals surface area contributed by atoms with E-state index in [1.54, 1.807) is 12.1 Å². The Balaban J connectivity index is 1.92. The van der Waals surface area contributed by atoms with Crippen molar-refractivity contribution >= 4 is 5.97 Å². The predicted molar refractivity (Wildman–Crippen MR) is 58.0 cm³/mol. The van der Waals surface area contributed by atoms with Crippen molar-refractivity contribution in [1.29, 1.82) is 0 Å². The lowest BCUT2D eigenvalue weighted by Gasteiger charge is -2.10. The number of carbonyl (C=O) groups is 1. The van der Waals surface area contributed by atoms with Crippen LogP contribution in [0.4, 0.5) is 0 Å². The fourth-order valence-electron chi connectivity index (χ4n) is 2.42. The number of aryl methyl sites for hydroxylation is 1. The number of rotatable bonds is 4. The predicted octanol–water partition coefficient (Wildman–Crippen LogP) is 2.77. The molecule has 1 aromatic rings. The summed E-state index contributed by atoms with van der Waals surface area (Å²) in [6.45, 7) is 0.847. The van der Waals surface area contributed by atoms with Crippen LogP contribution in [0.1, 0.15) is 42.6 Å². The first-order valence-corrected chi connectivity index (χ1v) is 5.66. The van der Waals surface area contributed by atoms with E-state index in [-0.39, 0.29) is 0 Å². The maximum absolute atomic E-state index is 10.9. The minimum atomic E-state index is -0.827. The van der Waals surface area contributed by atoms with Crippen molar-refractivity contribution in [1.82, 2.24) is 4.57 Å². The first-order chi connectivity index (χ1) is 7.27. The van der Waals surface area contributed by atoms with Gasteiger partial charge in [-0.3, -0.25) is 0 Å². The Kier molecular flexibility index (Phi) is 3.09. The number of carboxylic acid groups (broad SMARTS) is 1. The molecule has 0 amide bonds. The molecule has 1 N–H and O–H groups in total. The molecule has 0 aliphatic heterocycles. The highest BCUT2D eigenvalue weighted by Crippen LogP contribution is 2.28. The average molecular weight is 207 g/mol. The van der Waals surface area contributed by atoms with Crippen LogP contribution in [0, 0.1) is 5.92 Å². The number of hydrogen-bond donors (Lipinski definition) is 1. The van der Waals surface area contributed by atoms with Crippen molar-refractivity contribution < 1.29 is 9.90 Å². The third-order valence-corrected chi connectivity index (χ3v) is 3.30. The zero-order valence-corrected chi connectivity index (χ0v) is 8.85. The number of aromatic carboxylic acids is 1. The molecule has 3 heteroatoms. The highest BCUT2D eigenvalue weighted by Gasteiger charge is 2.15. The minimum absolute atomic E-state index is 0.410. The Morgan fingerprint density at radius 3 is 2.87 bits per heavy atom. The van der Waals surface area contributed by atoms with Gasteiger partial charge >= 0.3 is 5.97 Å². The molecule has 1 fully saturated rings. The fraction of sp³-hybridized carbons (Fsp3) is 0.583. The van der Waals surface area contributed by atoms with Crippen LogP contribution in [0.3, 0.4) is 0 Å². The van der Waals surface area contributed by atoms with Crippen molar-refractivity contribution in [2.24, 2.45) is 5.92 Å². The maximum Gasteiger partial charge on any atom is 0.352 e. The molecule has 1 saturated carbocycles. The highest BCUT2D eigenvalue weighted by atomic mass is 16.4. The van der Waals surface area contributed by atoms with Gasteiger partial charge in [0.2, 0.25) is 0 Å². The van der Waals surface area contributed by atoms with E-state index in [1.807, 2.05) is 10.8 Å². The summed E-state index contributed by atoms with van der Waals surface area (Å²) in [5, 5.41) is 8.93. The van der Waals surface area contributed by atoms with E-state index in [2.05, 4.69) is 0 Å². The van der Waals surface area contributed by atoms with Crippen LogP contribution in [-0.4, -0.2) is 15.6 Å². The largest absolute Gasteiger partial charge is 0.477 e. The second-order valence-corrected chi connectivity index (χ2v) is 4.33. The molecule has 1 aromatic heterocycles. The smallest absolute Gasteiger partial charge is 0.352 e. The second kappa shape index (κ2) is 4.51. The molecular weight excluding hydrogens is 190 g/mol. The number of nitrogens with zero attached hydrogens (tertiary/aromatic N) is 1. The van der Waals surface area contributed by atoms with Gasteiger partial charge in [0, 0.05) is 12.7 Å². The van der Waals surface area contributed by atoms with Gasteiger partial charge < -0.3 is 9.67 Å². The molecule has 1 aliphatic carbocycles. The van der Waals surface area contributed by atoms with Crippen molar-refractivity contribution in [3.8, 4) is 0 Å². The standard InChI is InChI=1S/C12H17NO2/c14-12(15)11-6-3-8-13(11)9-7-10-4-1-2-5-10/h3,6,8,10H,1-2,4-5,7,9H2,(H,14,15). The summed E-state index contributed by atoms with van der Waals surface area (Å²) in [6, 6.07) is 3.47. The summed E-state index contributed by atoms with van der Waals surface area (Å²) in [5.41, 5.74) is 0.410. The highest BCUT2D eigenvalue weighted by molar-refractivity contribution is 5.85. The van der Waals surface area contributed by atoms with Crippen LogP contribution >= 0.6 is 0 Å². The van der Waals surface area contributed by atoms with Crippen molar-refractivity contribution in [3.05, 3.63) is 24.0 Å². The molecule has 0 radical (unpaired) electrons. The van der Waals surface area contributed by atoms with E-state index in [4.69, 9.17) is 5.11 Å². The fourth-order valence-corrected chi connectivity index (χ4v) is 2.42. The van der Waals surface area contributed by atoms with E-state index >= 15 is 0 Å². The van der Waals surface area contributed by atoms with Crippen LogP contribution in [0.15, 0.2) is 18.3 Å². The summed E-state index contributed by atoms with van der Waals surface area (Å²) < 4.78 is 1.85. The SMILES string of the molecule is O=C(O)c1cccn1CCC1CCCC1. The Morgan fingerprint density at radius 1 is 1.47 bits per heavy atom. The lowest BCUT2D eigenvalue weighted by atomic mass is 10.0. The normalized spacial score (nSPS) is 17.1. The summed E-state index contributed by atoms with van der Waals surface area (Å²) in [4.78, 5) is 10.9. The molecule has 2 rings (SSSR count). The molecule has 0 aromatic carbocycles. The Morgan fingerprint density at radius 2 is 2.20 bits per heavy atom. The number of aromatic nitrogens is 1. The van der Waals surface area contributed by atoms with Crippen LogP contribution < -0.4 is 0 Å². The molecule has 0 bridgehead atoms. The molecule has 0 spiro atoms. The zero-order valence-electron chi connectivity index (χ0n) is 8.85. The van der Waals surface area contributed by atoms with E-state index in [0.717, 1.165) is 18.9 Å². The summed E-state index contributed by atoms with van der Waals surface area (Å²) in [7, 11) is 0. The molecule has 3 nitrogen and oxygen atoms in total. The van der Waals surface area contributed by atoms with E-state index in [0.29, 0.717) is 5.69 Å². The molecule has 0 atom stereocenters. The molecule has 1 aliphatic rings. The number of carboxylic acids is 1. The van der Waals surface area contributed by atoms with Crippen molar-refractivity contribution in [2.45, 2.75) is 38.6 Å². The van der Waals surface area contributed by atoms with E-state index in [9.17, 15) is 4.79 Å². The maximum atomic E-state index is 10.9. The quantitative estimate of drug-likeness (QED) is 0.824. The molecule has 1 heterocycles. The van der Waals surface area contributed by atoms with Crippen LogP contribution in [0.25, 0.3) is 0 Å². The van der Waals surface area contributed by atoms with Gasteiger partial charge in [0.25, 0.3) is 0 Å². The first kappa shape index (κ1) is 10.3. The third-order valence-electron chi connectivity index (χ3n) is 3.30. The van der Waals surface area contributed by atoms with Gasteiger partial charge in [-0.1, -0.05) is 25.7 Å². The third kappa shape index (κ3) is 2.41. The topological polar surface area (TPSA) is 42.2 Å². The van der Waals surface area contributed by atoms with Crippen molar-refractivity contribution in [2.75, 3.05) is 0 Å². The number of hydrogen-bond acceptors (Lipinski definition) is 1. The monoisotopic (exact) mass is 207 g/mol.